The van der Waals surface area contributed by atoms with Crippen LogP contribution in [0.15, 0.2) is 47.1 Å². The van der Waals surface area contributed by atoms with Crippen LogP contribution in [-0.2, 0) is 0 Å². The summed E-state index contributed by atoms with van der Waals surface area (Å²) in [5.41, 5.74) is 7.97. The largest absolute Gasteiger partial charge is 0.384 e. The summed E-state index contributed by atoms with van der Waals surface area (Å²) in [4.78, 5) is 23.2. The van der Waals surface area contributed by atoms with Crippen LogP contribution in [0.2, 0.25) is 0 Å². The molecule has 1 saturated heterocycles. The van der Waals surface area contributed by atoms with E-state index in [2.05, 4.69) is 15.1 Å². The minimum absolute atomic E-state index is 0.0124. The molecule has 1 unspecified atom stereocenters. The Kier molecular flexibility index (Phi) is 4.12. The lowest BCUT2D eigenvalue weighted by molar-refractivity contribution is 0.0714. The maximum absolute atomic E-state index is 13.0. The standard InChI is InChI=1S/C19H19N5O2/c1-12-11-16(26-23-12)15-3-2-10-24(15)19(25)14-6-4-13(5-7-14)18-21-9-8-17(20)22-18/h4-9,11,15H,2-3,10H2,1H3,(H2,20,21,22). The lowest BCUT2D eigenvalue weighted by atomic mass is 10.1. The van der Waals surface area contributed by atoms with Gasteiger partial charge in [-0.05, 0) is 38.0 Å². The van der Waals surface area contributed by atoms with Crippen molar-refractivity contribution in [3.05, 3.63) is 59.6 Å². The summed E-state index contributed by atoms with van der Waals surface area (Å²) in [7, 11) is 0. The molecule has 1 amide bonds. The molecule has 26 heavy (non-hydrogen) atoms. The number of carbonyl (C=O) groups excluding carboxylic acids is 1. The third-order valence-electron chi connectivity index (χ3n) is 4.56. The van der Waals surface area contributed by atoms with Gasteiger partial charge in [-0.1, -0.05) is 17.3 Å². The Morgan fingerprint density at radius 3 is 2.77 bits per heavy atom. The van der Waals surface area contributed by atoms with Crippen molar-refractivity contribution in [1.82, 2.24) is 20.0 Å². The summed E-state index contributed by atoms with van der Waals surface area (Å²) in [5.74, 6) is 1.69. The number of aromatic nitrogens is 3. The van der Waals surface area contributed by atoms with Crippen molar-refractivity contribution in [1.29, 1.82) is 0 Å². The van der Waals surface area contributed by atoms with Gasteiger partial charge in [0.25, 0.3) is 5.91 Å². The van der Waals surface area contributed by atoms with E-state index < -0.39 is 0 Å². The second kappa shape index (κ2) is 6.59. The molecule has 7 nitrogen and oxygen atoms in total. The van der Waals surface area contributed by atoms with E-state index >= 15 is 0 Å². The zero-order valence-electron chi connectivity index (χ0n) is 14.4. The molecule has 2 N–H and O–H groups in total. The van der Waals surface area contributed by atoms with Crippen LogP contribution in [0.1, 0.15) is 40.7 Å². The van der Waals surface area contributed by atoms with Crippen LogP contribution >= 0.6 is 0 Å². The van der Waals surface area contributed by atoms with E-state index in [9.17, 15) is 4.79 Å². The van der Waals surface area contributed by atoms with Crippen LogP contribution in [0.3, 0.4) is 0 Å². The molecule has 0 radical (unpaired) electrons. The predicted molar refractivity (Wildman–Crippen MR) is 96.1 cm³/mol. The number of rotatable bonds is 3. The number of aryl methyl sites for hydroxylation is 1. The lowest BCUT2D eigenvalue weighted by Crippen LogP contribution is -2.30. The number of hydrogen-bond donors (Lipinski definition) is 1. The van der Waals surface area contributed by atoms with Gasteiger partial charge in [-0.25, -0.2) is 9.97 Å². The molecule has 0 aliphatic carbocycles. The van der Waals surface area contributed by atoms with Crippen molar-refractivity contribution in [3.8, 4) is 11.4 Å². The quantitative estimate of drug-likeness (QED) is 0.780. The number of nitrogens with zero attached hydrogens (tertiary/aromatic N) is 4. The monoisotopic (exact) mass is 349 g/mol. The lowest BCUT2D eigenvalue weighted by Gasteiger charge is -2.22. The zero-order valence-corrected chi connectivity index (χ0v) is 14.4. The average Bonchev–Trinajstić information content (AvgIpc) is 3.30. The highest BCUT2D eigenvalue weighted by Crippen LogP contribution is 2.33. The van der Waals surface area contributed by atoms with E-state index in [0.717, 1.165) is 29.9 Å². The molecule has 1 aromatic carbocycles. The molecule has 0 bridgehead atoms. The molecule has 1 atom stereocenters. The van der Waals surface area contributed by atoms with Crippen molar-refractivity contribution in [2.45, 2.75) is 25.8 Å². The normalized spacial score (nSPS) is 16.8. The van der Waals surface area contributed by atoms with E-state index in [1.807, 2.05) is 30.0 Å². The molecule has 4 rings (SSSR count). The molecule has 3 heterocycles. The fraction of sp³-hybridized carbons (Fsp3) is 0.263. The minimum Gasteiger partial charge on any atom is -0.384 e. The molecule has 0 spiro atoms. The van der Waals surface area contributed by atoms with Gasteiger partial charge in [-0.3, -0.25) is 4.79 Å². The van der Waals surface area contributed by atoms with Gasteiger partial charge in [0.05, 0.1) is 11.7 Å². The minimum atomic E-state index is -0.0550. The molecule has 7 heteroatoms. The number of nitrogen functional groups attached to an aromatic ring is 1. The van der Waals surface area contributed by atoms with Crippen LogP contribution in [0.5, 0.6) is 0 Å². The molecule has 2 aromatic heterocycles. The first-order valence-corrected chi connectivity index (χ1v) is 8.55. The Morgan fingerprint density at radius 2 is 2.08 bits per heavy atom. The first-order valence-electron chi connectivity index (χ1n) is 8.55. The highest BCUT2D eigenvalue weighted by Gasteiger charge is 2.33. The molecule has 1 fully saturated rings. The summed E-state index contributed by atoms with van der Waals surface area (Å²) in [6.45, 7) is 2.59. The topological polar surface area (TPSA) is 98.1 Å². The van der Waals surface area contributed by atoms with Crippen LogP contribution in [-0.4, -0.2) is 32.5 Å². The molecule has 1 aliphatic rings. The number of amides is 1. The number of anilines is 1. The Morgan fingerprint density at radius 1 is 1.27 bits per heavy atom. The van der Waals surface area contributed by atoms with E-state index in [0.29, 0.717) is 23.8 Å². The summed E-state index contributed by atoms with van der Waals surface area (Å²) in [6, 6.07) is 10.8. The van der Waals surface area contributed by atoms with E-state index in [-0.39, 0.29) is 11.9 Å². The van der Waals surface area contributed by atoms with Crippen molar-refractivity contribution >= 4 is 11.7 Å². The van der Waals surface area contributed by atoms with Crippen LogP contribution in [0.4, 0.5) is 5.82 Å². The highest BCUT2D eigenvalue weighted by atomic mass is 16.5. The van der Waals surface area contributed by atoms with Gasteiger partial charge >= 0.3 is 0 Å². The van der Waals surface area contributed by atoms with Gasteiger partial charge in [-0.2, -0.15) is 0 Å². The molecule has 0 saturated carbocycles. The van der Waals surface area contributed by atoms with Crippen LogP contribution < -0.4 is 5.73 Å². The molecular weight excluding hydrogens is 330 g/mol. The zero-order chi connectivity index (χ0) is 18.1. The fourth-order valence-corrected chi connectivity index (χ4v) is 3.29. The van der Waals surface area contributed by atoms with Gasteiger partial charge in [0.15, 0.2) is 11.6 Å². The van der Waals surface area contributed by atoms with Crippen LogP contribution in [0.25, 0.3) is 11.4 Å². The van der Waals surface area contributed by atoms with Crippen molar-refractivity contribution in [2.75, 3.05) is 12.3 Å². The van der Waals surface area contributed by atoms with Crippen molar-refractivity contribution in [3.63, 3.8) is 0 Å². The number of hydrogen-bond acceptors (Lipinski definition) is 6. The van der Waals surface area contributed by atoms with Gasteiger partial charge < -0.3 is 15.2 Å². The predicted octanol–water partition coefficient (Wildman–Crippen LogP) is 3.00. The average molecular weight is 349 g/mol. The summed E-state index contributed by atoms with van der Waals surface area (Å²) in [5, 5.41) is 3.94. The van der Waals surface area contributed by atoms with Gasteiger partial charge in [0.2, 0.25) is 0 Å². The molecule has 1 aliphatic heterocycles. The Hall–Kier alpha value is -3.22. The number of benzene rings is 1. The van der Waals surface area contributed by atoms with Crippen molar-refractivity contribution in [2.24, 2.45) is 0 Å². The number of nitrogens with two attached hydrogens (primary N) is 1. The summed E-state index contributed by atoms with van der Waals surface area (Å²) >= 11 is 0. The van der Waals surface area contributed by atoms with Crippen LogP contribution in [0, 0.1) is 6.92 Å². The SMILES string of the molecule is Cc1cc(C2CCCN2C(=O)c2ccc(-c3nccc(N)n3)cc2)on1. The van der Waals surface area contributed by atoms with Gasteiger partial charge in [0, 0.05) is 29.9 Å². The fourth-order valence-electron chi connectivity index (χ4n) is 3.29. The summed E-state index contributed by atoms with van der Waals surface area (Å²) < 4.78 is 5.38. The van der Waals surface area contributed by atoms with E-state index in [1.165, 1.54) is 0 Å². The highest BCUT2D eigenvalue weighted by molar-refractivity contribution is 5.95. The smallest absolute Gasteiger partial charge is 0.254 e. The third kappa shape index (κ3) is 3.03. The Balaban J connectivity index is 1.56. The second-order valence-corrected chi connectivity index (χ2v) is 6.41. The Labute approximate surface area is 150 Å². The maximum atomic E-state index is 13.0. The maximum Gasteiger partial charge on any atom is 0.254 e. The third-order valence-corrected chi connectivity index (χ3v) is 4.56. The Bertz CT molecular complexity index is 935. The van der Waals surface area contributed by atoms with Gasteiger partial charge in [0.1, 0.15) is 5.82 Å². The van der Waals surface area contributed by atoms with E-state index in [1.54, 1.807) is 24.4 Å². The second-order valence-electron chi connectivity index (χ2n) is 6.41. The molecule has 132 valence electrons. The molecular formula is C19H19N5O2. The molecule has 3 aromatic rings. The van der Waals surface area contributed by atoms with Gasteiger partial charge in [-0.15, -0.1) is 0 Å². The van der Waals surface area contributed by atoms with Crippen molar-refractivity contribution < 1.29 is 9.32 Å². The summed E-state index contributed by atoms with van der Waals surface area (Å²) in [6.07, 6.45) is 3.45. The first kappa shape index (κ1) is 16.3. The number of carbonyl (C=O) groups is 1. The first-order chi connectivity index (χ1) is 12.6. The van der Waals surface area contributed by atoms with E-state index in [4.69, 9.17) is 10.3 Å². The number of likely N-dealkylation sites (tertiary alicyclic amines) is 1.